The van der Waals surface area contributed by atoms with Crippen molar-refractivity contribution in [2.45, 2.75) is 11.4 Å². The fourth-order valence-corrected chi connectivity index (χ4v) is 2.89. The smallest absolute Gasteiger partial charge is 0.321 e. The molecule has 1 aliphatic heterocycles. The predicted molar refractivity (Wildman–Crippen MR) is 56.0 cm³/mol. The Labute approximate surface area is 107 Å². The molecule has 1 saturated heterocycles. The number of hydrogen-bond acceptors (Lipinski definition) is 3. The van der Waals surface area contributed by atoms with Gasteiger partial charge in [-0.3, -0.25) is 10.1 Å². The van der Waals surface area contributed by atoms with Crippen molar-refractivity contribution in [1.29, 1.82) is 0 Å². The van der Waals surface area contributed by atoms with Gasteiger partial charge in [0, 0.05) is 5.75 Å². The Balaban J connectivity index is 2.44. The molecule has 104 valence electrons. The van der Waals surface area contributed by atoms with Crippen LogP contribution in [0.25, 0.3) is 0 Å². The SMILES string of the molecule is O=C(O)C1CSC(c2c(F)c(F)c(F)c(F)c2F)N1. The van der Waals surface area contributed by atoms with Gasteiger partial charge in [0.25, 0.3) is 0 Å². The third-order valence-electron chi connectivity index (χ3n) is 2.59. The van der Waals surface area contributed by atoms with Crippen LogP contribution in [0, 0.1) is 29.1 Å². The minimum atomic E-state index is -2.24. The van der Waals surface area contributed by atoms with Gasteiger partial charge >= 0.3 is 5.97 Å². The number of carboxylic acids is 1. The number of hydrogen-bond donors (Lipinski definition) is 2. The summed E-state index contributed by atoms with van der Waals surface area (Å²) in [5, 5.41) is 9.69. The third-order valence-corrected chi connectivity index (χ3v) is 3.82. The summed E-state index contributed by atoms with van der Waals surface area (Å²) in [6.45, 7) is 0. The molecular weight excluding hydrogens is 293 g/mol. The third kappa shape index (κ3) is 2.27. The highest BCUT2D eigenvalue weighted by Gasteiger charge is 2.37. The van der Waals surface area contributed by atoms with Gasteiger partial charge in [-0.05, 0) is 0 Å². The summed E-state index contributed by atoms with van der Waals surface area (Å²) in [4.78, 5) is 10.7. The zero-order valence-electron chi connectivity index (χ0n) is 9.02. The summed E-state index contributed by atoms with van der Waals surface area (Å²) in [7, 11) is 0. The quantitative estimate of drug-likeness (QED) is 0.499. The van der Waals surface area contributed by atoms with Crippen LogP contribution in [0.3, 0.4) is 0 Å². The fourth-order valence-electron chi connectivity index (χ4n) is 1.63. The molecule has 0 bridgehead atoms. The van der Waals surface area contributed by atoms with Gasteiger partial charge in [0.05, 0.1) is 10.9 Å². The number of nitrogens with one attached hydrogen (secondary N) is 1. The van der Waals surface area contributed by atoms with E-state index < -0.39 is 52.0 Å². The standard InChI is InChI=1S/C10H6F5NO2S/c11-4-3(5(12)7(14)8(15)6(4)13)9-16-2(1-19-9)10(17)18/h2,9,16H,1H2,(H,17,18). The van der Waals surface area contributed by atoms with Crippen molar-refractivity contribution in [3.8, 4) is 0 Å². The highest BCUT2D eigenvalue weighted by molar-refractivity contribution is 7.99. The summed E-state index contributed by atoms with van der Waals surface area (Å²) in [6, 6.07) is -1.11. The van der Waals surface area contributed by atoms with E-state index >= 15 is 0 Å². The molecule has 0 radical (unpaired) electrons. The normalized spacial score (nSPS) is 22.8. The summed E-state index contributed by atoms with van der Waals surface area (Å²) in [5.41, 5.74) is -1.05. The highest BCUT2D eigenvalue weighted by atomic mass is 32.2. The van der Waals surface area contributed by atoms with Crippen LogP contribution in [0.4, 0.5) is 22.0 Å². The number of benzene rings is 1. The number of halogens is 5. The van der Waals surface area contributed by atoms with Gasteiger partial charge in [-0.2, -0.15) is 0 Å². The van der Waals surface area contributed by atoms with Gasteiger partial charge < -0.3 is 5.11 Å². The van der Waals surface area contributed by atoms with Gasteiger partial charge in [0.1, 0.15) is 6.04 Å². The molecule has 0 aliphatic carbocycles. The lowest BCUT2D eigenvalue weighted by molar-refractivity contribution is -0.138. The molecule has 2 N–H and O–H groups in total. The van der Waals surface area contributed by atoms with Gasteiger partial charge in [0.15, 0.2) is 23.3 Å². The van der Waals surface area contributed by atoms with Crippen molar-refractivity contribution >= 4 is 17.7 Å². The number of carbonyl (C=O) groups is 1. The largest absolute Gasteiger partial charge is 0.480 e. The second-order valence-electron chi connectivity index (χ2n) is 3.75. The minimum Gasteiger partial charge on any atom is -0.480 e. The Morgan fingerprint density at radius 1 is 1.05 bits per heavy atom. The van der Waals surface area contributed by atoms with E-state index in [0.29, 0.717) is 0 Å². The van der Waals surface area contributed by atoms with Crippen LogP contribution in [-0.2, 0) is 4.79 Å². The molecule has 1 aromatic rings. The Bertz CT molecular complexity index is 524. The number of thioether (sulfide) groups is 1. The van der Waals surface area contributed by atoms with E-state index in [4.69, 9.17) is 5.11 Å². The monoisotopic (exact) mass is 299 g/mol. The summed E-state index contributed by atoms with van der Waals surface area (Å²) < 4.78 is 65.8. The number of carboxylic acid groups (broad SMARTS) is 1. The van der Waals surface area contributed by atoms with Gasteiger partial charge in [-0.25, -0.2) is 22.0 Å². The lowest BCUT2D eigenvalue weighted by atomic mass is 10.1. The average molecular weight is 299 g/mol. The van der Waals surface area contributed by atoms with Crippen molar-refractivity contribution in [3.05, 3.63) is 34.6 Å². The minimum absolute atomic E-state index is 0.0422. The van der Waals surface area contributed by atoms with Crippen molar-refractivity contribution < 1.29 is 31.9 Å². The van der Waals surface area contributed by atoms with Crippen LogP contribution in [0.5, 0.6) is 0 Å². The zero-order valence-corrected chi connectivity index (χ0v) is 9.83. The summed E-state index contributed by atoms with van der Waals surface area (Å²) in [6.07, 6.45) is 0. The maximum Gasteiger partial charge on any atom is 0.321 e. The first-order chi connectivity index (χ1) is 8.84. The summed E-state index contributed by atoms with van der Waals surface area (Å²) in [5.74, 6) is -11.5. The molecule has 0 aromatic heterocycles. The lowest BCUT2D eigenvalue weighted by Gasteiger charge is -2.14. The Morgan fingerprint density at radius 2 is 1.53 bits per heavy atom. The molecular formula is C10H6F5NO2S. The molecule has 9 heteroatoms. The van der Waals surface area contributed by atoms with Crippen LogP contribution in [-0.4, -0.2) is 22.9 Å². The van der Waals surface area contributed by atoms with Crippen molar-refractivity contribution in [2.75, 3.05) is 5.75 Å². The van der Waals surface area contributed by atoms with Gasteiger partial charge in [-0.1, -0.05) is 0 Å². The molecule has 1 heterocycles. The summed E-state index contributed by atoms with van der Waals surface area (Å²) >= 11 is 0.756. The second kappa shape index (κ2) is 4.97. The van der Waals surface area contributed by atoms with Gasteiger partial charge in [0.2, 0.25) is 5.82 Å². The molecule has 0 spiro atoms. The van der Waals surface area contributed by atoms with Crippen LogP contribution in [0.1, 0.15) is 10.9 Å². The molecule has 2 rings (SSSR count). The molecule has 0 amide bonds. The van der Waals surface area contributed by atoms with E-state index in [1.54, 1.807) is 0 Å². The Morgan fingerprint density at radius 3 is 1.95 bits per heavy atom. The number of rotatable bonds is 2. The van der Waals surface area contributed by atoms with E-state index in [1.165, 1.54) is 0 Å². The molecule has 1 fully saturated rings. The highest BCUT2D eigenvalue weighted by Crippen LogP contribution is 2.37. The first-order valence-electron chi connectivity index (χ1n) is 4.96. The Kier molecular flexibility index (Phi) is 3.68. The second-order valence-corrected chi connectivity index (χ2v) is 4.89. The maximum atomic E-state index is 13.5. The Hall–Kier alpha value is -1.35. The molecule has 3 nitrogen and oxygen atoms in total. The molecule has 1 aromatic carbocycles. The number of aliphatic carboxylic acids is 1. The zero-order chi connectivity index (χ0) is 14.3. The van der Waals surface area contributed by atoms with Crippen LogP contribution in [0.2, 0.25) is 0 Å². The van der Waals surface area contributed by atoms with Crippen molar-refractivity contribution in [1.82, 2.24) is 5.32 Å². The van der Waals surface area contributed by atoms with Crippen LogP contribution in [0.15, 0.2) is 0 Å². The van der Waals surface area contributed by atoms with E-state index in [1.807, 2.05) is 0 Å². The topological polar surface area (TPSA) is 49.3 Å². The van der Waals surface area contributed by atoms with Crippen molar-refractivity contribution in [2.24, 2.45) is 0 Å². The average Bonchev–Trinajstić information content (AvgIpc) is 2.84. The molecule has 19 heavy (non-hydrogen) atoms. The van der Waals surface area contributed by atoms with E-state index in [-0.39, 0.29) is 5.75 Å². The molecule has 1 aliphatic rings. The van der Waals surface area contributed by atoms with E-state index in [2.05, 4.69) is 5.32 Å². The first kappa shape index (κ1) is 14.1. The lowest BCUT2D eigenvalue weighted by Crippen LogP contribution is -2.34. The molecule has 2 atom stereocenters. The van der Waals surface area contributed by atoms with Gasteiger partial charge in [-0.15, -0.1) is 11.8 Å². The molecule has 2 unspecified atom stereocenters. The van der Waals surface area contributed by atoms with E-state index in [9.17, 15) is 26.7 Å². The maximum absolute atomic E-state index is 13.5. The van der Waals surface area contributed by atoms with Crippen molar-refractivity contribution in [3.63, 3.8) is 0 Å². The molecule has 0 saturated carbocycles. The van der Waals surface area contributed by atoms with E-state index in [0.717, 1.165) is 11.8 Å². The van der Waals surface area contributed by atoms with Crippen LogP contribution < -0.4 is 5.32 Å². The first-order valence-corrected chi connectivity index (χ1v) is 6.01. The predicted octanol–water partition coefficient (Wildman–Crippen LogP) is 2.17. The van der Waals surface area contributed by atoms with Crippen LogP contribution >= 0.6 is 11.8 Å². The fraction of sp³-hybridized carbons (Fsp3) is 0.300.